The molecule has 1 aliphatic heterocycles. The number of hydrogen-bond acceptors (Lipinski definition) is 3. The van der Waals surface area contributed by atoms with Crippen molar-refractivity contribution in [3.8, 4) is 6.07 Å². The molecule has 23 heavy (non-hydrogen) atoms. The van der Waals surface area contributed by atoms with E-state index >= 15 is 0 Å². The largest absolute Gasteiger partial charge is 0.368 e. The third-order valence-electron chi connectivity index (χ3n) is 4.00. The fourth-order valence-corrected chi connectivity index (χ4v) is 2.84. The molecule has 0 atom stereocenters. The lowest BCUT2D eigenvalue weighted by atomic mass is 10.1. The average molecular weight is 326 g/mol. The van der Waals surface area contributed by atoms with Crippen molar-refractivity contribution in [2.45, 2.75) is 0 Å². The van der Waals surface area contributed by atoms with Gasteiger partial charge in [-0.1, -0.05) is 17.7 Å². The predicted molar refractivity (Wildman–Crippen MR) is 90.7 cm³/mol. The molecule has 3 rings (SSSR count). The summed E-state index contributed by atoms with van der Waals surface area (Å²) in [6.07, 6.45) is 0. The lowest BCUT2D eigenvalue weighted by molar-refractivity contribution is 0.0747. The van der Waals surface area contributed by atoms with Crippen LogP contribution in [-0.2, 0) is 0 Å². The van der Waals surface area contributed by atoms with Crippen LogP contribution in [0.15, 0.2) is 48.5 Å². The quantitative estimate of drug-likeness (QED) is 0.852. The zero-order chi connectivity index (χ0) is 16.2. The van der Waals surface area contributed by atoms with E-state index in [0.29, 0.717) is 29.2 Å². The third-order valence-corrected chi connectivity index (χ3v) is 4.25. The fraction of sp³-hybridized carbons (Fsp3) is 0.222. The van der Waals surface area contributed by atoms with E-state index in [1.807, 2.05) is 23.1 Å². The molecule has 1 fully saturated rings. The van der Waals surface area contributed by atoms with Gasteiger partial charge in [0.25, 0.3) is 5.91 Å². The van der Waals surface area contributed by atoms with Gasteiger partial charge in [-0.25, -0.2) is 0 Å². The number of hydrogen-bond donors (Lipinski definition) is 0. The van der Waals surface area contributed by atoms with Crippen LogP contribution in [0.2, 0.25) is 5.02 Å². The molecule has 1 heterocycles. The van der Waals surface area contributed by atoms with Gasteiger partial charge in [-0.2, -0.15) is 5.26 Å². The minimum Gasteiger partial charge on any atom is -0.368 e. The number of benzene rings is 2. The van der Waals surface area contributed by atoms with Crippen molar-refractivity contribution in [2.75, 3.05) is 31.1 Å². The number of halogens is 1. The van der Waals surface area contributed by atoms with Gasteiger partial charge in [0.15, 0.2) is 0 Å². The monoisotopic (exact) mass is 325 g/mol. The first-order chi connectivity index (χ1) is 11.2. The van der Waals surface area contributed by atoms with Gasteiger partial charge in [-0.3, -0.25) is 4.79 Å². The lowest BCUT2D eigenvalue weighted by Crippen LogP contribution is -2.48. The number of amides is 1. The molecule has 0 saturated carbocycles. The molecule has 1 saturated heterocycles. The zero-order valence-corrected chi connectivity index (χ0v) is 13.3. The number of nitriles is 1. The normalized spacial score (nSPS) is 14.4. The minimum absolute atomic E-state index is 0.0343. The maximum Gasteiger partial charge on any atom is 0.253 e. The number of carbonyl (C=O) groups excluding carboxylic acids is 1. The highest BCUT2D eigenvalue weighted by atomic mass is 35.5. The molecule has 2 aromatic carbocycles. The molecule has 116 valence electrons. The van der Waals surface area contributed by atoms with Crippen molar-refractivity contribution in [2.24, 2.45) is 0 Å². The second-order valence-electron chi connectivity index (χ2n) is 5.45. The van der Waals surface area contributed by atoms with Gasteiger partial charge in [-0.05, 0) is 42.5 Å². The van der Waals surface area contributed by atoms with Crippen LogP contribution in [0.5, 0.6) is 0 Å². The van der Waals surface area contributed by atoms with Gasteiger partial charge in [-0.15, -0.1) is 0 Å². The van der Waals surface area contributed by atoms with Crippen molar-refractivity contribution >= 4 is 23.2 Å². The summed E-state index contributed by atoms with van der Waals surface area (Å²) in [7, 11) is 0. The Kier molecular flexibility index (Phi) is 4.50. The molecule has 0 N–H and O–H groups in total. The molecule has 2 aromatic rings. The fourth-order valence-electron chi connectivity index (χ4n) is 2.71. The maximum absolute atomic E-state index is 12.5. The van der Waals surface area contributed by atoms with Gasteiger partial charge in [0.2, 0.25) is 0 Å². The van der Waals surface area contributed by atoms with Crippen LogP contribution in [0, 0.1) is 11.3 Å². The standard InChI is InChI=1S/C18H16ClN3O/c19-16-6-4-15(5-7-16)18(23)22-10-8-21(9-11-22)17-3-1-2-14(12-17)13-20/h1-7,12H,8-11H2. The van der Waals surface area contributed by atoms with Crippen LogP contribution < -0.4 is 4.90 Å². The summed E-state index contributed by atoms with van der Waals surface area (Å²) in [4.78, 5) is 16.5. The van der Waals surface area contributed by atoms with Gasteiger partial charge in [0.05, 0.1) is 11.6 Å². The molecule has 0 bridgehead atoms. The Morgan fingerprint density at radius 1 is 1.04 bits per heavy atom. The Hall–Kier alpha value is -2.51. The molecule has 0 aromatic heterocycles. The second kappa shape index (κ2) is 6.72. The van der Waals surface area contributed by atoms with E-state index in [9.17, 15) is 4.79 Å². The van der Waals surface area contributed by atoms with Crippen LogP contribution in [0.3, 0.4) is 0 Å². The summed E-state index contributed by atoms with van der Waals surface area (Å²) >= 11 is 5.86. The minimum atomic E-state index is 0.0343. The summed E-state index contributed by atoms with van der Waals surface area (Å²) < 4.78 is 0. The van der Waals surface area contributed by atoms with Crippen LogP contribution in [0.25, 0.3) is 0 Å². The maximum atomic E-state index is 12.5. The van der Waals surface area contributed by atoms with Gasteiger partial charge < -0.3 is 9.80 Å². The molecule has 0 unspecified atom stereocenters. The lowest BCUT2D eigenvalue weighted by Gasteiger charge is -2.36. The Morgan fingerprint density at radius 2 is 1.74 bits per heavy atom. The highest BCUT2D eigenvalue weighted by Gasteiger charge is 2.22. The first-order valence-electron chi connectivity index (χ1n) is 7.47. The summed E-state index contributed by atoms with van der Waals surface area (Å²) in [5.74, 6) is 0.0343. The molecular weight excluding hydrogens is 310 g/mol. The third kappa shape index (κ3) is 3.46. The van der Waals surface area contributed by atoms with E-state index in [2.05, 4.69) is 11.0 Å². The summed E-state index contributed by atoms with van der Waals surface area (Å²) in [6, 6.07) is 16.7. The molecule has 0 spiro atoms. The average Bonchev–Trinajstić information content (AvgIpc) is 2.62. The topological polar surface area (TPSA) is 47.3 Å². The zero-order valence-electron chi connectivity index (χ0n) is 12.6. The van der Waals surface area contributed by atoms with Crippen molar-refractivity contribution in [1.29, 1.82) is 5.26 Å². The number of nitrogens with zero attached hydrogens (tertiary/aromatic N) is 3. The number of anilines is 1. The van der Waals surface area contributed by atoms with Gasteiger partial charge in [0, 0.05) is 42.5 Å². The predicted octanol–water partition coefficient (Wildman–Crippen LogP) is 3.17. The van der Waals surface area contributed by atoms with E-state index in [0.717, 1.165) is 18.8 Å². The molecule has 1 amide bonds. The van der Waals surface area contributed by atoms with E-state index in [4.69, 9.17) is 16.9 Å². The van der Waals surface area contributed by atoms with Gasteiger partial charge in [0.1, 0.15) is 0 Å². The van der Waals surface area contributed by atoms with Crippen LogP contribution in [-0.4, -0.2) is 37.0 Å². The Bertz CT molecular complexity index is 744. The molecular formula is C18H16ClN3O. The summed E-state index contributed by atoms with van der Waals surface area (Å²) in [5, 5.41) is 9.62. The second-order valence-corrected chi connectivity index (χ2v) is 5.88. The highest BCUT2D eigenvalue weighted by molar-refractivity contribution is 6.30. The van der Waals surface area contributed by atoms with Gasteiger partial charge >= 0.3 is 0 Å². The Balaban J connectivity index is 1.65. The van der Waals surface area contributed by atoms with Crippen molar-refractivity contribution in [3.63, 3.8) is 0 Å². The van der Waals surface area contributed by atoms with Crippen LogP contribution in [0.1, 0.15) is 15.9 Å². The van der Waals surface area contributed by atoms with E-state index < -0.39 is 0 Å². The number of rotatable bonds is 2. The molecule has 0 radical (unpaired) electrons. The summed E-state index contributed by atoms with van der Waals surface area (Å²) in [6.45, 7) is 2.85. The van der Waals surface area contributed by atoms with Crippen molar-refractivity contribution in [1.82, 2.24) is 4.90 Å². The first-order valence-corrected chi connectivity index (χ1v) is 7.85. The molecule has 0 aliphatic carbocycles. The van der Waals surface area contributed by atoms with Crippen molar-refractivity contribution in [3.05, 3.63) is 64.7 Å². The smallest absolute Gasteiger partial charge is 0.253 e. The first kappa shape index (κ1) is 15.4. The Labute approximate surface area is 140 Å². The van der Waals surface area contributed by atoms with E-state index in [-0.39, 0.29) is 5.91 Å². The molecule has 5 heteroatoms. The molecule has 4 nitrogen and oxygen atoms in total. The Morgan fingerprint density at radius 3 is 2.39 bits per heavy atom. The van der Waals surface area contributed by atoms with Crippen molar-refractivity contribution < 1.29 is 4.79 Å². The SMILES string of the molecule is N#Cc1cccc(N2CCN(C(=O)c3ccc(Cl)cc3)CC2)c1. The van der Waals surface area contributed by atoms with E-state index in [1.54, 1.807) is 30.3 Å². The number of piperazine rings is 1. The van der Waals surface area contributed by atoms with Crippen LogP contribution >= 0.6 is 11.6 Å². The molecule has 1 aliphatic rings. The van der Waals surface area contributed by atoms with Crippen LogP contribution in [0.4, 0.5) is 5.69 Å². The summed E-state index contributed by atoms with van der Waals surface area (Å²) in [5.41, 5.74) is 2.35. The highest BCUT2D eigenvalue weighted by Crippen LogP contribution is 2.19. The number of carbonyl (C=O) groups is 1. The van der Waals surface area contributed by atoms with E-state index in [1.165, 1.54) is 0 Å².